The molecule has 10 nitrogen and oxygen atoms in total. The molecule has 0 saturated heterocycles. The molecular weight excluding hydrogens is 591 g/mol. The van der Waals surface area contributed by atoms with E-state index in [2.05, 4.69) is 30.2 Å². The number of nitrogens with zero attached hydrogens (tertiary/aromatic N) is 5. The standard InChI is InChI=1S/C27H22F3N7O3S2/c1-14-6-7-18(28)25(21(14)29)42(39,40)37-19-5-3-4-17(22(19)30)23-24(20-8-9-31-27(35-20)32-10-11-38)41-26(36-23)16-12-33-15(2)34-13-16/h3-9,12-13,37-38H,10-11H2,1-2H3,(H,31,32,35). The number of hydrogen-bond donors (Lipinski definition) is 3. The number of sulfonamides is 1. The number of aryl methyl sites for hydroxylation is 2. The summed E-state index contributed by atoms with van der Waals surface area (Å²) in [7, 11) is -4.86. The molecule has 0 aliphatic rings. The fraction of sp³-hybridized carbons (Fsp3) is 0.148. The van der Waals surface area contributed by atoms with Crippen LogP contribution >= 0.6 is 11.3 Å². The number of anilines is 2. The molecule has 0 fully saturated rings. The molecule has 15 heteroatoms. The SMILES string of the molecule is Cc1ncc(-c2nc(-c3cccc(NS(=O)(=O)c4c(F)ccc(C)c4F)c3F)c(-c3ccnc(NCCO)n3)s2)cn1. The van der Waals surface area contributed by atoms with Crippen LogP contribution in [-0.4, -0.2) is 51.6 Å². The average Bonchev–Trinajstić information content (AvgIpc) is 3.41. The van der Waals surface area contributed by atoms with E-state index in [1.54, 1.807) is 25.4 Å². The molecule has 0 saturated carbocycles. The third-order valence-electron chi connectivity index (χ3n) is 5.95. The third kappa shape index (κ3) is 5.79. The molecule has 0 atom stereocenters. The summed E-state index contributed by atoms with van der Waals surface area (Å²) in [5, 5.41) is 12.4. The Balaban J connectivity index is 1.63. The van der Waals surface area contributed by atoms with Gasteiger partial charge in [-0.2, -0.15) is 0 Å². The molecule has 0 amide bonds. The number of aromatic nitrogens is 5. The molecule has 0 aliphatic carbocycles. The van der Waals surface area contributed by atoms with Gasteiger partial charge in [0, 0.05) is 36.3 Å². The van der Waals surface area contributed by atoms with E-state index in [4.69, 9.17) is 5.11 Å². The van der Waals surface area contributed by atoms with E-state index >= 15 is 4.39 Å². The molecule has 2 aromatic carbocycles. The van der Waals surface area contributed by atoms with Crippen molar-refractivity contribution in [3.8, 4) is 32.4 Å². The lowest BCUT2D eigenvalue weighted by molar-refractivity contribution is 0.311. The van der Waals surface area contributed by atoms with Gasteiger partial charge in [0.1, 0.15) is 22.5 Å². The lowest BCUT2D eigenvalue weighted by Crippen LogP contribution is -2.18. The number of halogens is 3. The Hall–Kier alpha value is -4.47. The number of hydrogen-bond acceptors (Lipinski definition) is 10. The first-order valence-corrected chi connectivity index (χ1v) is 14.6. The molecule has 3 N–H and O–H groups in total. The van der Waals surface area contributed by atoms with Crippen LogP contribution in [0.3, 0.4) is 0 Å². The van der Waals surface area contributed by atoms with Crippen LogP contribution in [0.1, 0.15) is 11.4 Å². The fourth-order valence-corrected chi connectivity index (χ4v) is 6.20. The number of nitrogens with one attached hydrogen (secondary N) is 2. The molecule has 0 unspecified atom stereocenters. The Morgan fingerprint density at radius 2 is 1.71 bits per heavy atom. The van der Waals surface area contributed by atoms with Crippen LogP contribution in [0.2, 0.25) is 0 Å². The van der Waals surface area contributed by atoms with Gasteiger partial charge < -0.3 is 10.4 Å². The average molecular weight is 614 g/mol. The normalized spacial score (nSPS) is 11.5. The number of aliphatic hydroxyl groups is 1. The van der Waals surface area contributed by atoms with Crippen molar-refractivity contribution in [2.75, 3.05) is 23.2 Å². The Bertz CT molecular complexity index is 1890. The van der Waals surface area contributed by atoms with Crippen molar-refractivity contribution in [1.82, 2.24) is 24.9 Å². The maximum atomic E-state index is 16.0. The van der Waals surface area contributed by atoms with Crippen LogP contribution < -0.4 is 10.0 Å². The molecule has 0 aliphatic heterocycles. The monoisotopic (exact) mass is 613 g/mol. The van der Waals surface area contributed by atoms with E-state index in [0.717, 1.165) is 18.2 Å². The second kappa shape index (κ2) is 11.8. The quantitative estimate of drug-likeness (QED) is 0.210. The van der Waals surface area contributed by atoms with Gasteiger partial charge in [0.25, 0.3) is 10.0 Å². The van der Waals surface area contributed by atoms with Crippen molar-refractivity contribution in [1.29, 1.82) is 0 Å². The second-order valence-electron chi connectivity index (χ2n) is 8.91. The van der Waals surface area contributed by atoms with Gasteiger partial charge >= 0.3 is 0 Å². The topological polar surface area (TPSA) is 143 Å². The summed E-state index contributed by atoms with van der Waals surface area (Å²) in [6, 6.07) is 7.41. The van der Waals surface area contributed by atoms with Gasteiger partial charge in [0.15, 0.2) is 10.7 Å². The molecule has 216 valence electrons. The molecule has 0 bridgehead atoms. The zero-order valence-electron chi connectivity index (χ0n) is 22.1. The van der Waals surface area contributed by atoms with Gasteiger partial charge in [-0.1, -0.05) is 12.1 Å². The summed E-state index contributed by atoms with van der Waals surface area (Å²) < 4.78 is 73.1. The number of benzene rings is 2. The van der Waals surface area contributed by atoms with Crippen molar-refractivity contribution in [2.24, 2.45) is 0 Å². The lowest BCUT2D eigenvalue weighted by atomic mass is 10.1. The predicted molar refractivity (Wildman–Crippen MR) is 152 cm³/mol. The van der Waals surface area contributed by atoms with Gasteiger partial charge in [-0.05, 0) is 43.7 Å². The van der Waals surface area contributed by atoms with E-state index in [0.29, 0.717) is 27.0 Å². The highest BCUT2D eigenvalue weighted by molar-refractivity contribution is 7.92. The second-order valence-corrected chi connectivity index (χ2v) is 11.5. The first kappa shape index (κ1) is 29.0. The minimum atomic E-state index is -4.86. The van der Waals surface area contributed by atoms with Crippen LogP contribution in [0, 0.1) is 31.3 Å². The number of thiazole rings is 1. The highest BCUT2D eigenvalue weighted by atomic mass is 32.2. The largest absolute Gasteiger partial charge is 0.395 e. The van der Waals surface area contributed by atoms with Gasteiger partial charge in [-0.3, -0.25) is 4.72 Å². The van der Waals surface area contributed by atoms with E-state index < -0.39 is 38.1 Å². The summed E-state index contributed by atoms with van der Waals surface area (Å²) in [5.74, 6) is -2.87. The Labute approximate surface area is 242 Å². The van der Waals surface area contributed by atoms with Crippen molar-refractivity contribution in [3.63, 3.8) is 0 Å². The zero-order valence-corrected chi connectivity index (χ0v) is 23.7. The molecule has 0 spiro atoms. The van der Waals surface area contributed by atoms with E-state index in [-0.39, 0.29) is 35.9 Å². The molecule has 0 radical (unpaired) electrons. The summed E-state index contributed by atoms with van der Waals surface area (Å²) >= 11 is 1.17. The first-order chi connectivity index (χ1) is 20.1. The maximum absolute atomic E-state index is 16.0. The summed E-state index contributed by atoms with van der Waals surface area (Å²) in [6.07, 6.45) is 4.61. The van der Waals surface area contributed by atoms with Crippen molar-refractivity contribution < 1.29 is 26.7 Å². The fourth-order valence-electron chi connectivity index (χ4n) is 3.91. The van der Waals surface area contributed by atoms with Crippen LogP contribution in [0.25, 0.3) is 32.4 Å². The predicted octanol–water partition coefficient (Wildman–Crippen LogP) is 4.96. The van der Waals surface area contributed by atoms with Gasteiger partial charge in [0.2, 0.25) is 5.95 Å². The minimum absolute atomic E-state index is 0.0941. The Kier molecular flexibility index (Phi) is 8.15. The van der Waals surface area contributed by atoms with E-state index in [1.165, 1.54) is 36.6 Å². The Morgan fingerprint density at radius 1 is 0.952 bits per heavy atom. The molecule has 3 aromatic heterocycles. The highest BCUT2D eigenvalue weighted by Crippen LogP contribution is 2.42. The molecule has 42 heavy (non-hydrogen) atoms. The van der Waals surface area contributed by atoms with E-state index in [1.807, 2.05) is 4.72 Å². The molecular formula is C27H22F3N7O3S2. The van der Waals surface area contributed by atoms with Crippen molar-refractivity contribution in [2.45, 2.75) is 18.7 Å². The van der Waals surface area contributed by atoms with Gasteiger partial charge in [-0.25, -0.2) is 46.5 Å². The molecule has 3 heterocycles. The van der Waals surface area contributed by atoms with Crippen LogP contribution in [0.4, 0.5) is 24.8 Å². The third-order valence-corrected chi connectivity index (χ3v) is 8.47. The smallest absolute Gasteiger partial charge is 0.267 e. The highest BCUT2D eigenvalue weighted by Gasteiger charge is 2.28. The summed E-state index contributed by atoms with van der Waals surface area (Å²) in [6.45, 7) is 3.05. The van der Waals surface area contributed by atoms with Crippen LogP contribution in [0.15, 0.2) is 59.9 Å². The minimum Gasteiger partial charge on any atom is -0.395 e. The number of aliphatic hydroxyl groups excluding tert-OH is 1. The Morgan fingerprint density at radius 3 is 2.45 bits per heavy atom. The lowest BCUT2D eigenvalue weighted by Gasteiger charge is -2.13. The number of rotatable bonds is 9. The summed E-state index contributed by atoms with van der Waals surface area (Å²) in [4.78, 5) is 20.8. The maximum Gasteiger partial charge on any atom is 0.267 e. The molecule has 5 aromatic rings. The van der Waals surface area contributed by atoms with Crippen LogP contribution in [0.5, 0.6) is 0 Å². The van der Waals surface area contributed by atoms with Gasteiger partial charge in [0.05, 0.1) is 28.6 Å². The zero-order chi connectivity index (χ0) is 30.0. The summed E-state index contributed by atoms with van der Waals surface area (Å²) in [5.41, 5.74) is 0.298. The van der Waals surface area contributed by atoms with Crippen molar-refractivity contribution in [3.05, 3.63) is 83.8 Å². The first-order valence-electron chi connectivity index (χ1n) is 12.3. The van der Waals surface area contributed by atoms with E-state index in [9.17, 15) is 17.2 Å². The van der Waals surface area contributed by atoms with Crippen molar-refractivity contribution >= 4 is 33.0 Å². The van der Waals surface area contributed by atoms with Gasteiger partial charge in [-0.15, -0.1) is 11.3 Å². The van der Waals surface area contributed by atoms with Crippen LogP contribution in [-0.2, 0) is 10.0 Å². The molecule has 5 rings (SSSR count).